The zero-order chi connectivity index (χ0) is 13.3. The van der Waals surface area contributed by atoms with Crippen molar-refractivity contribution >= 4 is 21.7 Å². The molecular formula is C11H14BrF2N3O. The third kappa shape index (κ3) is 2.89. The van der Waals surface area contributed by atoms with E-state index in [-0.39, 0.29) is 19.0 Å². The van der Waals surface area contributed by atoms with Crippen molar-refractivity contribution in [3.8, 4) is 5.75 Å². The van der Waals surface area contributed by atoms with E-state index in [2.05, 4.69) is 20.9 Å². The molecule has 1 aromatic rings. The SMILES string of the molecule is CN1CC(COc2cc(Br)cnc2N)C(F)(F)C1. The molecule has 0 aliphatic carbocycles. The van der Waals surface area contributed by atoms with Gasteiger partial charge in [0.1, 0.15) is 0 Å². The maximum atomic E-state index is 13.6. The molecule has 1 saturated heterocycles. The maximum Gasteiger partial charge on any atom is 0.267 e. The minimum Gasteiger partial charge on any atom is -0.489 e. The lowest BCUT2D eigenvalue weighted by Gasteiger charge is -2.18. The molecule has 0 amide bonds. The van der Waals surface area contributed by atoms with Crippen molar-refractivity contribution in [1.29, 1.82) is 0 Å². The quantitative estimate of drug-likeness (QED) is 0.925. The zero-order valence-corrected chi connectivity index (χ0v) is 11.5. The molecule has 100 valence electrons. The molecule has 1 unspecified atom stereocenters. The van der Waals surface area contributed by atoms with Crippen LogP contribution in [0.25, 0.3) is 0 Å². The molecule has 0 bridgehead atoms. The summed E-state index contributed by atoms with van der Waals surface area (Å²) in [6.07, 6.45) is 1.53. The van der Waals surface area contributed by atoms with Crippen molar-refractivity contribution in [1.82, 2.24) is 9.88 Å². The van der Waals surface area contributed by atoms with E-state index in [9.17, 15) is 8.78 Å². The first-order valence-corrected chi connectivity index (χ1v) is 6.28. The second-order valence-corrected chi connectivity index (χ2v) is 5.42. The van der Waals surface area contributed by atoms with Gasteiger partial charge in [-0.15, -0.1) is 0 Å². The van der Waals surface area contributed by atoms with Crippen LogP contribution in [0.15, 0.2) is 16.7 Å². The molecule has 1 aromatic heterocycles. The summed E-state index contributed by atoms with van der Waals surface area (Å²) in [6, 6.07) is 1.62. The number of alkyl halides is 2. The number of nitrogens with two attached hydrogens (primary N) is 1. The Bertz CT molecular complexity index is 444. The Morgan fingerprint density at radius 2 is 2.39 bits per heavy atom. The normalized spacial score (nSPS) is 23.2. The molecule has 0 aromatic carbocycles. The second-order valence-electron chi connectivity index (χ2n) is 4.50. The standard InChI is InChI=1S/C11H14BrF2N3O/c1-17-4-7(11(13,14)6-17)5-18-9-2-8(12)3-16-10(9)15/h2-3,7H,4-6H2,1H3,(H2,15,16). The summed E-state index contributed by atoms with van der Waals surface area (Å²) in [6.45, 7) is 0.0151. The highest BCUT2D eigenvalue weighted by molar-refractivity contribution is 9.10. The lowest BCUT2D eigenvalue weighted by atomic mass is 10.1. The predicted octanol–water partition coefficient (Wildman–Crippen LogP) is 2.00. The fourth-order valence-electron chi connectivity index (χ4n) is 1.98. The number of rotatable bonds is 3. The van der Waals surface area contributed by atoms with Gasteiger partial charge in [0, 0.05) is 17.2 Å². The lowest BCUT2D eigenvalue weighted by Crippen LogP contribution is -2.31. The largest absolute Gasteiger partial charge is 0.489 e. The van der Waals surface area contributed by atoms with Gasteiger partial charge in [-0.25, -0.2) is 13.8 Å². The van der Waals surface area contributed by atoms with Crippen LogP contribution in [0, 0.1) is 5.92 Å². The van der Waals surface area contributed by atoms with Gasteiger partial charge in [-0.2, -0.15) is 0 Å². The third-order valence-electron chi connectivity index (χ3n) is 2.90. The topological polar surface area (TPSA) is 51.4 Å². The minimum atomic E-state index is -2.72. The van der Waals surface area contributed by atoms with Crippen LogP contribution in [-0.2, 0) is 0 Å². The summed E-state index contributed by atoms with van der Waals surface area (Å²) < 4.78 is 33.2. The number of hydrogen-bond acceptors (Lipinski definition) is 4. The molecule has 18 heavy (non-hydrogen) atoms. The van der Waals surface area contributed by atoms with E-state index in [4.69, 9.17) is 10.5 Å². The minimum absolute atomic E-state index is 0.0698. The van der Waals surface area contributed by atoms with Gasteiger partial charge in [0.2, 0.25) is 0 Å². The van der Waals surface area contributed by atoms with Gasteiger partial charge in [0.15, 0.2) is 11.6 Å². The molecule has 7 heteroatoms. The fraction of sp³-hybridized carbons (Fsp3) is 0.545. The number of likely N-dealkylation sites (tertiary alicyclic amines) is 1. The first-order chi connectivity index (χ1) is 8.38. The van der Waals surface area contributed by atoms with Gasteiger partial charge >= 0.3 is 0 Å². The highest BCUT2D eigenvalue weighted by Crippen LogP contribution is 2.33. The Balaban J connectivity index is 2.01. The molecule has 1 aliphatic rings. The summed E-state index contributed by atoms with van der Waals surface area (Å²) in [5.74, 6) is -3.01. The number of hydrogen-bond donors (Lipinski definition) is 1. The third-order valence-corrected chi connectivity index (χ3v) is 3.33. The summed E-state index contributed by atoms with van der Waals surface area (Å²) in [7, 11) is 1.67. The predicted molar refractivity (Wildman–Crippen MR) is 67.8 cm³/mol. The Morgan fingerprint density at radius 1 is 1.67 bits per heavy atom. The van der Waals surface area contributed by atoms with Crippen LogP contribution in [0.3, 0.4) is 0 Å². The number of nitrogens with zero attached hydrogens (tertiary/aromatic N) is 2. The average Bonchev–Trinajstić information content (AvgIpc) is 2.53. The van der Waals surface area contributed by atoms with Crippen LogP contribution in [0.5, 0.6) is 5.75 Å². The molecule has 1 fully saturated rings. The molecule has 2 rings (SSSR count). The molecule has 0 radical (unpaired) electrons. The van der Waals surface area contributed by atoms with E-state index < -0.39 is 11.8 Å². The number of halogens is 3. The van der Waals surface area contributed by atoms with Gasteiger partial charge in [-0.3, -0.25) is 4.90 Å². The Labute approximate surface area is 112 Å². The summed E-state index contributed by atoms with van der Waals surface area (Å²) >= 11 is 3.23. The molecule has 2 heterocycles. The van der Waals surface area contributed by atoms with E-state index in [1.165, 1.54) is 6.20 Å². The van der Waals surface area contributed by atoms with Crippen molar-refractivity contribution < 1.29 is 13.5 Å². The second kappa shape index (κ2) is 4.97. The van der Waals surface area contributed by atoms with Crippen molar-refractivity contribution in [2.75, 3.05) is 32.5 Å². The number of anilines is 1. The monoisotopic (exact) mass is 321 g/mol. The molecule has 0 spiro atoms. The van der Waals surface area contributed by atoms with Crippen LogP contribution in [-0.4, -0.2) is 42.6 Å². The molecule has 4 nitrogen and oxygen atoms in total. The van der Waals surface area contributed by atoms with Crippen LogP contribution >= 0.6 is 15.9 Å². The fourth-order valence-corrected chi connectivity index (χ4v) is 2.29. The van der Waals surface area contributed by atoms with Crippen LogP contribution in [0.2, 0.25) is 0 Å². The smallest absolute Gasteiger partial charge is 0.267 e. The number of nitrogen functional groups attached to an aromatic ring is 1. The Hall–Kier alpha value is -0.950. The van der Waals surface area contributed by atoms with Crippen molar-refractivity contribution in [2.45, 2.75) is 5.92 Å². The van der Waals surface area contributed by atoms with Gasteiger partial charge in [0.25, 0.3) is 5.92 Å². The van der Waals surface area contributed by atoms with Crippen molar-refractivity contribution in [3.63, 3.8) is 0 Å². The first kappa shape index (κ1) is 13.5. The highest BCUT2D eigenvalue weighted by atomic mass is 79.9. The van der Waals surface area contributed by atoms with Crippen molar-refractivity contribution in [2.24, 2.45) is 5.92 Å². The number of ether oxygens (including phenoxy) is 1. The first-order valence-electron chi connectivity index (χ1n) is 5.48. The number of aromatic nitrogens is 1. The van der Waals surface area contributed by atoms with E-state index in [1.807, 2.05) is 0 Å². The van der Waals surface area contributed by atoms with E-state index >= 15 is 0 Å². The zero-order valence-electron chi connectivity index (χ0n) is 9.87. The van der Waals surface area contributed by atoms with Gasteiger partial charge in [-0.05, 0) is 29.0 Å². The van der Waals surface area contributed by atoms with E-state index in [1.54, 1.807) is 18.0 Å². The van der Waals surface area contributed by atoms with E-state index in [0.29, 0.717) is 16.8 Å². The molecule has 1 aliphatic heterocycles. The van der Waals surface area contributed by atoms with Crippen LogP contribution < -0.4 is 10.5 Å². The Kier molecular flexibility index (Phi) is 3.72. The molecular weight excluding hydrogens is 308 g/mol. The lowest BCUT2D eigenvalue weighted by molar-refractivity contribution is -0.0391. The molecule has 2 N–H and O–H groups in total. The van der Waals surface area contributed by atoms with Gasteiger partial charge in [-0.1, -0.05) is 0 Å². The Morgan fingerprint density at radius 3 is 3.00 bits per heavy atom. The van der Waals surface area contributed by atoms with Crippen molar-refractivity contribution in [3.05, 3.63) is 16.7 Å². The molecule has 1 atom stereocenters. The summed E-state index contributed by atoms with van der Waals surface area (Å²) in [5.41, 5.74) is 5.61. The van der Waals surface area contributed by atoms with Gasteiger partial charge < -0.3 is 10.5 Å². The summed E-state index contributed by atoms with van der Waals surface area (Å²) in [4.78, 5) is 5.48. The summed E-state index contributed by atoms with van der Waals surface area (Å²) in [5, 5.41) is 0. The van der Waals surface area contributed by atoms with Gasteiger partial charge in [0.05, 0.1) is 19.1 Å². The average molecular weight is 322 g/mol. The maximum absolute atomic E-state index is 13.6. The number of pyridine rings is 1. The van der Waals surface area contributed by atoms with Crippen LogP contribution in [0.1, 0.15) is 0 Å². The van der Waals surface area contributed by atoms with E-state index in [0.717, 1.165) is 0 Å². The van der Waals surface area contributed by atoms with Crippen LogP contribution in [0.4, 0.5) is 14.6 Å². The molecule has 0 saturated carbocycles. The highest BCUT2D eigenvalue weighted by Gasteiger charge is 2.47.